The van der Waals surface area contributed by atoms with Crippen molar-refractivity contribution in [2.45, 2.75) is 6.04 Å². The number of ether oxygens (including phenoxy) is 1. The zero-order chi connectivity index (χ0) is 10.7. The number of hydrogen-bond acceptors (Lipinski definition) is 4. The summed E-state index contributed by atoms with van der Waals surface area (Å²) in [5, 5.41) is 14.0. The van der Waals surface area contributed by atoms with Crippen molar-refractivity contribution >= 4 is 5.69 Å². The Morgan fingerprint density at radius 1 is 1.47 bits per heavy atom. The van der Waals surface area contributed by atoms with Crippen LogP contribution in [0.4, 0.5) is 5.69 Å². The molecule has 0 radical (unpaired) electrons. The van der Waals surface area contributed by atoms with Crippen LogP contribution in [0.25, 0.3) is 0 Å². The highest BCUT2D eigenvalue weighted by atomic mass is 16.6. The maximum atomic E-state index is 10.8. The number of nitrogens with one attached hydrogen (secondary N) is 1. The largest absolute Gasteiger partial charge is 0.378 e. The van der Waals surface area contributed by atoms with Gasteiger partial charge in [0.05, 0.1) is 24.2 Å². The Labute approximate surface area is 87.2 Å². The van der Waals surface area contributed by atoms with Crippen molar-refractivity contribution in [3.8, 4) is 0 Å². The van der Waals surface area contributed by atoms with Crippen LogP contribution in [0.5, 0.6) is 0 Å². The molecule has 1 saturated heterocycles. The first kappa shape index (κ1) is 10.1. The van der Waals surface area contributed by atoms with Crippen molar-refractivity contribution in [3.63, 3.8) is 0 Å². The average Bonchev–Trinajstić information content (AvgIpc) is 2.30. The zero-order valence-electron chi connectivity index (χ0n) is 8.18. The van der Waals surface area contributed by atoms with Crippen LogP contribution in [-0.4, -0.2) is 24.7 Å². The van der Waals surface area contributed by atoms with E-state index in [1.165, 1.54) is 6.07 Å². The van der Waals surface area contributed by atoms with Crippen molar-refractivity contribution in [1.82, 2.24) is 5.32 Å². The van der Waals surface area contributed by atoms with Crippen LogP contribution in [-0.2, 0) is 4.74 Å². The summed E-state index contributed by atoms with van der Waals surface area (Å²) < 4.78 is 5.29. The predicted molar refractivity (Wildman–Crippen MR) is 54.7 cm³/mol. The van der Waals surface area contributed by atoms with E-state index in [2.05, 4.69) is 5.32 Å². The monoisotopic (exact) mass is 208 g/mol. The molecule has 0 amide bonds. The van der Waals surface area contributed by atoms with Crippen molar-refractivity contribution in [3.05, 3.63) is 39.9 Å². The second-order valence-electron chi connectivity index (χ2n) is 3.40. The molecule has 1 aromatic rings. The molecule has 1 N–H and O–H groups in total. The highest BCUT2D eigenvalue weighted by molar-refractivity contribution is 5.42. The van der Waals surface area contributed by atoms with Gasteiger partial charge in [-0.15, -0.1) is 0 Å². The van der Waals surface area contributed by atoms with Crippen molar-refractivity contribution in [2.24, 2.45) is 0 Å². The van der Waals surface area contributed by atoms with Crippen molar-refractivity contribution in [1.29, 1.82) is 0 Å². The Hall–Kier alpha value is -1.46. The van der Waals surface area contributed by atoms with E-state index in [-0.39, 0.29) is 16.7 Å². The Bertz CT molecular complexity index is 361. The van der Waals surface area contributed by atoms with Gasteiger partial charge >= 0.3 is 0 Å². The fourth-order valence-electron chi connectivity index (χ4n) is 1.71. The number of morpholine rings is 1. The average molecular weight is 208 g/mol. The lowest BCUT2D eigenvalue weighted by molar-refractivity contribution is -0.385. The standard InChI is InChI=1S/C10H12N2O3/c13-12(14)10-4-2-1-3-8(10)9-7-15-6-5-11-9/h1-4,9,11H,5-7H2. The van der Waals surface area contributed by atoms with Gasteiger partial charge in [-0.3, -0.25) is 10.1 Å². The summed E-state index contributed by atoms with van der Waals surface area (Å²) in [4.78, 5) is 10.4. The molecule has 5 nitrogen and oxygen atoms in total. The molecule has 1 fully saturated rings. The minimum absolute atomic E-state index is 0.0691. The summed E-state index contributed by atoms with van der Waals surface area (Å²) in [5.41, 5.74) is 0.850. The summed E-state index contributed by atoms with van der Waals surface area (Å²) >= 11 is 0. The third-order valence-electron chi connectivity index (χ3n) is 2.43. The normalized spacial score (nSPS) is 21.2. The maximum absolute atomic E-state index is 10.8. The van der Waals surface area contributed by atoms with E-state index in [0.29, 0.717) is 18.8 Å². The Morgan fingerprint density at radius 2 is 2.27 bits per heavy atom. The number of nitro groups is 1. The maximum Gasteiger partial charge on any atom is 0.274 e. The van der Waals surface area contributed by atoms with Gasteiger partial charge in [0.2, 0.25) is 0 Å². The third kappa shape index (κ3) is 2.14. The first-order valence-corrected chi connectivity index (χ1v) is 4.83. The van der Waals surface area contributed by atoms with Gasteiger partial charge in [0.1, 0.15) is 0 Å². The van der Waals surface area contributed by atoms with Crippen LogP contribution >= 0.6 is 0 Å². The summed E-state index contributed by atoms with van der Waals surface area (Å²) in [6, 6.07) is 6.69. The molecule has 5 heteroatoms. The molecule has 1 unspecified atom stereocenters. The van der Waals surface area contributed by atoms with E-state index >= 15 is 0 Å². The second-order valence-corrected chi connectivity index (χ2v) is 3.40. The molecule has 1 aromatic carbocycles. The summed E-state index contributed by atoms with van der Waals surface area (Å²) in [6.07, 6.45) is 0. The number of nitrogens with zero attached hydrogens (tertiary/aromatic N) is 1. The lowest BCUT2D eigenvalue weighted by atomic mass is 10.0. The Balaban J connectivity index is 2.29. The molecule has 1 aliphatic rings. The number of benzene rings is 1. The smallest absolute Gasteiger partial charge is 0.274 e. The number of hydrogen-bond donors (Lipinski definition) is 1. The van der Waals surface area contributed by atoms with Crippen LogP contribution in [0, 0.1) is 10.1 Å². The van der Waals surface area contributed by atoms with E-state index in [4.69, 9.17) is 4.74 Å². The molecular formula is C10H12N2O3. The van der Waals surface area contributed by atoms with Crippen molar-refractivity contribution < 1.29 is 9.66 Å². The van der Waals surface area contributed by atoms with Crippen LogP contribution in [0.2, 0.25) is 0 Å². The van der Waals surface area contributed by atoms with E-state index in [0.717, 1.165) is 6.54 Å². The molecule has 2 rings (SSSR count). The van der Waals surface area contributed by atoms with Gasteiger partial charge in [-0.25, -0.2) is 0 Å². The molecule has 1 aliphatic heterocycles. The summed E-state index contributed by atoms with van der Waals surface area (Å²) in [7, 11) is 0. The Morgan fingerprint density at radius 3 is 2.93 bits per heavy atom. The molecule has 0 bridgehead atoms. The minimum atomic E-state index is -0.356. The number of nitro benzene ring substituents is 1. The summed E-state index contributed by atoms with van der Waals surface area (Å²) in [5.74, 6) is 0. The van der Waals surface area contributed by atoms with E-state index in [9.17, 15) is 10.1 Å². The molecule has 1 heterocycles. The first-order valence-electron chi connectivity index (χ1n) is 4.83. The molecule has 0 aromatic heterocycles. The molecular weight excluding hydrogens is 196 g/mol. The molecule has 1 atom stereocenters. The van der Waals surface area contributed by atoms with Crippen LogP contribution < -0.4 is 5.32 Å². The molecule has 0 aliphatic carbocycles. The fourth-order valence-corrected chi connectivity index (χ4v) is 1.71. The molecule has 80 valence electrons. The molecule has 0 saturated carbocycles. The van der Waals surface area contributed by atoms with Gasteiger partial charge in [-0.2, -0.15) is 0 Å². The lowest BCUT2D eigenvalue weighted by Crippen LogP contribution is -2.34. The van der Waals surface area contributed by atoms with Crippen LogP contribution in [0.1, 0.15) is 11.6 Å². The third-order valence-corrected chi connectivity index (χ3v) is 2.43. The van der Waals surface area contributed by atoms with E-state index in [1.807, 2.05) is 0 Å². The van der Waals surface area contributed by atoms with Gasteiger partial charge in [-0.1, -0.05) is 18.2 Å². The molecule has 0 spiro atoms. The highest BCUT2D eigenvalue weighted by Gasteiger charge is 2.23. The zero-order valence-corrected chi connectivity index (χ0v) is 8.18. The minimum Gasteiger partial charge on any atom is -0.378 e. The highest BCUT2D eigenvalue weighted by Crippen LogP contribution is 2.25. The predicted octanol–water partition coefficient (Wildman–Crippen LogP) is 1.26. The van der Waals surface area contributed by atoms with Gasteiger partial charge in [0.25, 0.3) is 5.69 Å². The fraction of sp³-hybridized carbons (Fsp3) is 0.400. The van der Waals surface area contributed by atoms with Crippen molar-refractivity contribution in [2.75, 3.05) is 19.8 Å². The van der Waals surface area contributed by atoms with Crippen LogP contribution in [0.15, 0.2) is 24.3 Å². The SMILES string of the molecule is O=[N+]([O-])c1ccccc1C1COCCN1. The van der Waals surface area contributed by atoms with E-state index in [1.54, 1.807) is 18.2 Å². The van der Waals surface area contributed by atoms with Crippen LogP contribution in [0.3, 0.4) is 0 Å². The summed E-state index contributed by atoms with van der Waals surface area (Å²) in [6.45, 7) is 1.89. The first-order chi connectivity index (χ1) is 7.29. The van der Waals surface area contributed by atoms with Gasteiger partial charge in [0, 0.05) is 18.2 Å². The van der Waals surface area contributed by atoms with E-state index < -0.39 is 0 Å². The number of para-hydroxylation sites is 1. The van der Waals surface area contributed by atoms with Gasteiger partial charge in [0.15, 0.2) is 0 Å². The van der Waals surface area contributed by atoms with Gasteiger partial charge < -0.3 is 10.1 Å². The number of rotatable bonds is 2. The Kier molecular flexibility index (Phi) is 2.94. The molecule has 15 heavy (non-hydrogen) atoms. The lowest BCUT2D eigenvalue weighted by Gasteiger charge is -2.23. The quantitative estimate of drug-likeness (QED) is 0.587. The topological polar surface area (TPSA) is 64.4 Å². The van der Waals surface area contributed by atoms with Gasteiger partial charge in [-0.05, 0) is 0 Å². The second kappa shape index (κ2) is 4.37.